The van der Waals surface area contributed by atoms with Crippen LogP contribution < -0.4 is 5.30 Å². The molecule has 0 saturated heterocycles. The van der Waals surface area contributed by atoms with Gasteiger partial charge in [-0.15, -0.1) is 4.52 Å². The first-order valence-corrected chi connectivity index (χ1v) is 6.15. The van der Waals surface area contributed by atoms with Crippen molar-refractivity contribution in [3.05, 3.63) is 29.3 Å². The van der Waals surface area contributed by atoms with Gasteiger partial charge in [-0.2, -0.15) is 0 Å². The van der Waals surface area contributed by atoms with Gasteiger partial charge in [-0.05, 0) is 35.3 Å². The third kappa shape index (κ3) is 3.75. The van der Waals surface area contributed by atoms with Crippen LogP contribution in [0.3, 0.4) is 0 Å². The first-order chi connectivity index (χ1) is 6.74. The summed E-state index contributed by atoms with van der Waals surface area (Å²) in [5, 5.41) is 1.34. The van der Waals surface area contributed by atoms with Gasteiger partial charge < -0.3 is 0 Å². The molecule has 0 saturated carbocycles. The summed E-state index contributed by atoms with van der Waals surface area (Å²) in [6.07, 6.45) is 1.98. The lowest BCUT2D eigenvalue weighted by atomic mass is 10.4. The molecule has 1 aromatic carbocycles. The van der Waals surface area contributed by atoms with E-state index in [9.17, 15) is 4.57 Å². The molecule has 1 atom stereocenters. The van der Waals surface area contributed by atoms with E-state index < -0.39 is 8.03 Å². The Morgan fingerprint density at radius 1 is 1.36 bits per heavy atom. The first-order valence-electron chi connectivity index (χ1n) is 4.59. The second-order valence-corrected chi connectivity index (χ2v) is 4.65. The zero-order valence-corrected chi connectivity index (χ0v) is 9.72. The number of hydrogen-bond acceptors (Lipinski definition) is 2. The lowest BCUT2D eigenvalue weighted by Gasteiger charge is -1.90. The van der Waals surface area contributed by atoms with Crippen LogP contribution in [0.2, 0.25) is 5.02 Å². The summed E-state index contributed by atoms with van der Waals surface area (Å²) in [5.74, 6) is 0. The standard InChI is InChI=1S/C10H13ClO2P/c1-2-3-8-13-14(12)10-6-4-9(11)5-7-10/h4-7H,2-3,8H2,1H3/q+1. The fraction of sp³-hybridized carbons (Fsp3) is 0.400. The Morgan fingerprint density at radius 3 is 2.57 bits per heavy atom. The van der Waals surface area contributed by atoms with Gasteiger partial charge in [0, 0.05) is 5.02 Å². The highest BCUT2D eigenvalue weighted by atomic mass is 35.5. The molecule has 0 aliphatic rings. The van der Waals surface area contributed by atoms with Crippen molar-refractivity contribution in [1.82, 2.24) is 0 Å². The molecule has 0 N–H and O–H groups in total. The molecular formula is C10H13ClO2P+. The molecule has 1 rings (SSSR count). The predicted molar refractivity (Wildman–Crippen MR) is 59.6 cm³/mol. The van der Waals surface area contributed by atoms with Crippen molar-refractivity contribution in [3.8, 4) is 0 Å². The van der Waals surface area contributed by atoms with Crippen molar-refractivity contribution in [1.29, 1.82) is 0 Å². The maximum Gasteiger partial charge on any atom is 0.548 e. The van der Waals surface area contributed by atoms with Crippen molar-refractivity contribution in [2.24, 2.45) is 0 Å². The Balaban J connectivity index is 2.48. The van der Waals surface area contributed by atoms with Crippen LogP contribution in [-0.2, 0) is 9.09 Å². The molecule has 0 amide bonds. The molecular weight excluding hydrogens is 219 g/mol. The molecule has 14 heavy (non-hydrogen) atoms. The van der Waals surface area contributed by atoms with Crippen LogP contribution in [0.1, 0.15) is 19.8 Å². The third-order valence-corrected chi connectivity index (χ3v) is 3.13. The molecule has 0 aromatic heterocycles. The second-order valence-electron chi connectivity index (χ2n) is 2.92. The topological polar surface area (TPSA) is 26.3 Å². The molecule has 1 aromatic rings. The fourth-order valence-electron chi connectivity index (χ4n) is 0.929. The van der Waals surface area contributed by atoms with Gasteiger partial charge in [-0.1, -0.05) is 24.9 Å². The van der Waals surface area contributed by atoms with Crippen molar-refractivity contribution >= 4 is 24.9 Å². The van der Waals surface area contributed by atoms with Crippen LogP contribution in [0.4, 0.5) is 0 Å². The van der Waals surface area contributed by atoms with Crippen LogP contribution >= 0.6 is 19.6 Å². The molecule has 0 aliphatic heterocycles. The number of rotatable bonds is 5. The van der Waals surface area contributed by atoms with Crippen LogP contribution in [0.5, 0.6) is 0 Å². The Morgan fingerprint density at radius 2 is 2.00 bits per heavy atom. The van der Waals surface area contributed by atoms with E-state index in [0.29, 0.717) is 16.9 Å². The zero-order valence-electron chi connectivity index (χ0n) is 8.07. The lowest BCUT2D eigenvalue weighted by molar-refractivity contribution is 0.326. The van der Waals surface area contributed by atoms with Gasteiger partial charge in [0.05, 0.1) is 0 Å². The summed E-state index contributed by atoms with van der Waals surface area (Å²) in [7, 11) is -1.71. The number of benzene rings is 1. The molecule has 0 aliphatic carbocycles. The summed E-state index contributed by atoms with van der Waals surface area (Å²) in [4.78, 5) is 0. The first kappa shape index (κ1) is 11.6. The van der Waals surface area contributed by atoms with Crippen molar-refractivity contribution in [2.45, 2.75) is 19.8 Å². The maximum absolute atomic E-state index is 11.5. The van der Waals surface area contributed by atoms with E-state index in [1.807, 2.05) is 0 Å². The fourth-order valence-corrected chi connectivity index (χ4v) is 1.89. The molecule has 2 nitrogen and oxygen atoms in total. The average molecular weight is 232 g/mol. The smallest absolute Gasteiger partial charge is 0.142 e. The van der Waals surface area contributed by atoms with E-state index >= 15 is 0 Å². The molecule has 0 spiro atoms. The average Bonchev–Trinajstić information content (AvgIpc) is 2.19. The highest BCUT2D eigenvalue weighted by Crippen LogP contribution is 2.22. The van der Waals surface area contributed by atoms with Crippen molar-refractivity contribution in [3.63, 3.8) is 0 Å². The minimum absolute atomic E-state index is 0.550. The van der Waals surface area contributed by atoms with Gasteiger partial charge in [0.15, 0.2) is 0 Å². The summed E-state index contributed by atoms with van der Waals surface area (Å²) >= 11 is 5.71. The molecule has 0 bridgehead atoms. The van der Waals surface area contributed by atoms with Gasteiger partial charge >= 0.3 is 8.03 Å². The summed E-state index contributed by atoms with van der Waals surface area (Å²) < 4.78 is 16.7. The quantitative estimate of drug-likeness (QED) is 0.573. The van der Waals surface area contributed by atoms with E-state index in [2.05, 4.69) is 6.92 Å². The normalized spacial score (nSPS) is 11.4. The van der Waals surface area contributed by atoms with Crippen LogP contribution in [0.25, 0.3) is 0 Å². The van der Waals surface area contributed by atoms with Gasteiger partial charge in [0.1, 0.15) is 6.61 Å². The highest BCUT2D eigenvalue weighted by molar-refractivity contribution is 7.48. The zero-order chi connectivity index (χ0) is 10.4. The maximum atomic E-state index is 11.5. The van der Waals surface area contributed by atoms with E-state index in [1.165, 1.54) is 0 Å². The SMILES string of the molecule is CCCCO[P+](=O)c1ccc(Cl)cc1. The van der Waals surface area contributed by atoms with Crippen LogP contribution in [-0.4, -0.2) is 6.61 Å². The summed E-state index contributed by atoms with van der Waals surface area (Å²) in [6, 6.07) is 6.89. The van der Waals surface area contributed by atoms with E-state index in [1.54, 1.807) is 24.3 Å². The minimum atomic E-state index is -1.71. The minimum Gasteiger partial charge on any atom is -0.142 e. The molecule has 0 fully saturated rings. The van der Waals surface area contributed by atoms with Gasteiger partial charge in [0.2, 0.25) is 5.30 Å². The summed E-state index contributed by atoms with van der Waals surface area (Å²) in [5.41, 5.74) is 0. The molecule has 1 unspecified atom stereocenters. The largest absolute Gasteiger partial charge is 0.548 e. The lowest BCUT2D eigenvalue weighted by Crippen LogP contribution is -1.98. The summed E-state index contributed by atoms with van der Waals surface area (Å²) in [6.45, 7) is 2.62. The number of halogens is 1. The Kier molecular flexibility index (Phi) is 5.10. The Labute approximate surface area is 90.1 Å². The van der Waals surface area contributed by atoms with Crippen LogP contribution in [0, 0.1) is 0 Å². The van der Waals surface area contributed by atoms with Crippen molar-refractivity contribution < 1.29 is 9.09 Å². The molecule has 0 heterocycles. The van der Waals surface area contributed by atoms with Crippen molar-refractivity contribution in [2.75, 3.05) is 6.61 Å². The van der Waals surface area contributed by atoms with Crippen LogP contribution in [0.15, 0.2) is 24.3 Å². The Hall–Kier alpha value is -0.430. The van der Waals surface area contributed by atoms with E-state index in [-0.39, 0.29) is 0 Å². The number of unbranched alkanes of at least 4 members (excludes halogenated alkanes) is 1. The third-order valence-electron chi connectivity index (χ3n) is 1.74. The second kappa shape index (κ2) is 6.13. The molecule has 0 radical (unpaired) electrons. The highest BCUT2D eigenvalue weighted by Gasteiger charge is 2.20. The van der Waals surface area contributed by atoms with E-state index in [0.717, 1.165) is 12.8 Å². The molecule has 76 valence electrons. The van der Waals surface area contributed by atoms with Gasteiger partial charge in [-0.25, -0.2) is 0 Å². The molecule has 4 heteroatoms. The van der Waals surface area contributed by atoms with Gasteiger partial charge in [0.25, 0.3) is 0 Å². The Bertz CT molecular complexity index is 297. The predicted octanol–water partition coefficient (Wildman–Crippen LogP) is 3.52. The monoisotopic (exact) mass is 231 g/mol. The number of hydrogen-bond donors (Lipinski definition) is 0. The van der Waals surface area contributed by atoms with Gasteiger partial charge in [-0.3, -0.25) is 0 Å². The van der Waals surface area contributed by atoms with E-state index in [4.69, 9.17) is 16.1 Å².